The van der Waals surface area contributed by atoms with E-state index in [1.165, 1.54) is 6.07 Å². The molecule has 0 heterocycles. The molecular weight excluding hydrogens is 262 g/mol. The highest BCUT2D eigenvalue weighted by atomic mass is 16.6. The molecule has 0 aromatic heterocycles. The van der Waals surface area contributed by atoms with Crippen molar-refractivity contribution in [2.24, 2.45) is 0 Å². The van der Waals surface area contributed by atoms with Gasteiger partial charge in [-0.05, 0) is 31.7 Å². The zero-order valence-corrected chi connectivity index (χ0v) is 10.9. The highest BCUT2D eigenvalue weighted by Crippen LogP contribution is 2.28. The fourth-order valence-corrected chi connectivity index (χ4v) is 2.53. The van der Waals surface area contributed by atoms with E-state index in [1.807, 2.05) is 0 Å². The van der Waals surface area contributed by atoms with E-state index in [-0.39, 0.29) is 17.8 Å². The molecule has 1 aromatic carbocycles. The molecule has 0 radical (unpaired) electrons. The largest absolute Gasteiger partial charge is 0.465 e. The van der Waals surface area contributed by atoms with Crippen molar-refractivity contribution < 1.29 is 14.8 Å². The molecule has 1 aromatic rings. The standard InChI is InChI=1S/C13H17N3O4/c17-13(18)15-10-7-5-9(6-8-10)14-11-3-1-2-4-12(11)16(19)20/h1-4,9-10,14-15H,5-8H2,(H,17,18). The molecule has 7 nitrogen and oxygen atoms in total. The van der Waals surface area contributed by atoms with E-state index in [1.54, 1.807) is 18.2 Å². The van der Waals surface area contributed by atoms with Gasteiger partial charge in [0.1, 0.15) is 5.69 Å². The summed E-state index contributed by atoms with van der Waals surface area (Å²) in [7, 11) is 0. The van der Waals surface area contributed by atoms with Crippen LogP contribution >= 0.6 is 0 Å². The molecule has 1 aliphatic rings. The number of hydrogen-bond donors (Lipinski definition) is 3. The van der Waals surface area contributed by atoms with Gasteiger partial charge in [-0.2, -0.15) is 0 Å². The lowest BCUT2D eigenvalue weighted by molar-refractivity contribution is -0.384. The monoisotopic (exact) mass is 279 g/mol. The Hall–Kier alpha value is -2.31. The van der Waals surface area contributed by atoms with Crippen molar-refractivity contribution in [3.8, 4) is 0 Å². The average Bonchev–Trinajstić information content (AvgIpc) is 2.41. The van der Waals surface area contributed by atoms with Gasteiger partial charge in [0.25, 0.3) is 5.69 Å². The van der Waals surface area contributed by atoms with Crippen LogP contribution in [0.3, 0.4) is 0 Å². The summed E-state index contributed by atoms with van der Waals surface area (Å²) in [5.74, 6) is 0. The van der Waals surface area contributed by atoms with Gasteiger partial charge in [0, 0.05) is 18.2 Å². The van der Waals surface area contributed by atoms with Gasteiger partial charge in [-0.15, -0.1) is 0 Å². The molecule has 20 heavy (non-hydrogen) atoms. The smallest absolute Gasteiger partial charge is 0.404 e. The first-order valence-electron chi connectivity index (χ1n) is 6.55. The number of para-hydroxylation sites is 2. The highest BCUT2D eigenvalue weighted by molar-refractivity contribution is 5.65. The number of rotatable bonds is 4. The van der Waals surface area contributed by atoms with Crippen molar-refractivity contribution in [3.05, 3.63) is 34.4 Å². The predicted molar refractivity (Wildman–Crippen MR) is 73.9 cm³/mol. The maximum atomic E-state index is 10.9. The summed E-state index contributed by atoms with van der Waals surface area (Å²) >= 11 is 0. The third kappa shape index (κ3) is 3.59. The number of carboxylic acid groups (broad SMARTS) is 1. The first kappa shape index (κ1) is 14.1. The summed E-state index contributed by atoms with van der Waals surface area (Å²) < 4.78 is 0. The van der Waals surface area contributed by atoms with Gasteiger partial charge >= 0.3 is 6.09 Å². The van der Waals surface area contributed by atoms with E-state index in [0.717, 1.165) is 25.7 Å². The summed E-state index contributed by atoms with van der Waals surface area (Å²) in [5, 5.41) is 25.3. The number of hydrogen-bond acceptors (Lipinski definition) is 4. The van der Waals surface area contributed by atoms with E-state index in [0.29, 0.717) is 5.69 Å². The van der Waals surface area contributed by atoms with Crippen molar-refractivity contribution in [1.82, 2.24) is 5.32 Å². The second-order valence-electron chi connectivity index (χ2n) is 4.92. The fraction of sp³-hybridized carbons (Fsp3) is 0.462. The second kappa shape index (κ2) is 6.23. The van der Waals surface area contributed by atoms with Crippen LogP contribution < -0.4 is 10.6 Å². The van der Waals surface area contributed by atoms with Gasteiger partial charge in [0.05, 0.1) is 4.92 Å². The summed E-state index contributed by atoms with van der Waals surface area (Å²) in [6.07, 6.45) is 2.06. The predicted octanol–water partition coefficient (Wildman–Crippen LogP) is 2.59. The lowest BCUT2D eigenvalue weighted by atomic mass is 9.91. The highest BCUT2D eigenvalue weighted by Gasteiger charge is 2.23. The van der Waals surface area contributed by atoms with Crippen molar-refractivity contribution in [2.75, 3.05) is 5.32 Å². The molecular formula is C13H17N3O4. The number of amides is 1. The van der Waals surface area contributed by atoms with Crippen molar-refractivity contribution in [2.45, 2.75) is 37.8 Å². The molecule has 1 saturated carbocycles. The molecule has 0 saturated heterocycles. The van der Waals surface area contributed by atoms with Crippen LogP contribution in [0.15, 0.2) is 24.3 Å². The van der Waals surface area contributed by atoms with Crippen LogP contribution in [0.1, 0.15) is 25.7 Å². The molecule has 1 fully saturated rings. The summed E-state index contributed by atoms with van der Waals surface area (Å²) in [6, 6.07) is 6.68. The maximum Gasteiger partial charge on any atom is 0.404 e. The van der Waals surface area contributed by atoms with Gasteiger partial charge in [-0.25, -0.2) is 4.79 Å². The fourth-order valence-electron chi connectivity index (χ4n) is 2.53. The van der Waals surface area contributed by atoms with Crippen LogP contribution in [-0.2, 0) is 0 Å². The first-order valence-corrected chi connectivity index (χ1v) is 6.55. The van der Waals surface area contributed by atoms with Crippen molar-refractivity contribution >= 4 is 17.5 Å². The van der Waals surface area contributed by atoms with E-state index in [9.17, 15) is 14.9 Å². The van der Waals surface area contributed by atoms with Crippen molar-refractivity contribution in [3.63, 3.8) is 0 Å². The zero-order valence-electron chi connectivity index (χ0n) is 10.9. The minimum absolute atomic E-state index is 0.0173. The van der Waals surface area contributed by atoms with Gasteiger partial charge in [-0.3, -0.25) is 10.1 Å². The molecule has 0 spiro atoms. The normalized spacial score (nSPS) is 22.0. The average molecular weight is 279 g/mol. The maximum absolute atomic E-state index is 10.9. The Morgan fingerprint density at radius 1 is 1.20 bits per heavy atom. The van der Waals surface area contributed by atoms with Gasteiger partial charge < -0.3 is 15.7 Å². The summed E-state index contributed by atoms with van der Waals surface area (Å²) in [5.41, 5.74) is 0.588. The number of nitro benzene ring substituents is 1. The third-order valence-electron chi connectivity index (χ3n) is 3.52. The number of nitrogens with zero attached hydrogens (tertiary/aromatic N) is 1. The number of carbonyl (C=O) groups is 1. The Bertz CT molecular complexity index is 498. The van der Waals surface area contributed by atoms with E-state index in [4.69, 9.17) is 5.11 Å². The lowest BCUT2D eigenvalue weighted by Crippen LogP contribution is -2.39. The first-order chi connectivity index (χ1) is 9.56. The van der Waals surface area contributed by atoms with Gasteiger partial charge in [0.2, 0.25) is 0 Å². The Morgan fingerprint density at radius 2 is 1.80 bits per heavy atom. The molecule has 3 N–H and O–H groups in total. The Balaban J connectivity index is 1.93. The Kier molecular flexibility index (Phi) is 4.39. The summed E-state index contributed by atoms with van der Waals surface area (Å²) in [4.78, 5) is 21.1. The molecule has 0 unspecified atom stereocenters. The number of benzene rings is 1. The molecule has 0 bridgehead atoms. The molecule has 7 heteroatoms. The minimum Gasteiger partial charge on any atom is -0.465 e. The lowest BCUT2D eigenvalue weighted by Gasteiger charge is -2.29. The Labute approximate surface area is 116 Å². The Morgan fingerprint density at radius 3 is 2.40 bits per heavy atom. The van der Waals surface area contributed by atoms with Crippen LogP contribution in [0.5, 0.6) is 0 Å². The molecule has 108 valence electrons. The van der Waals surface area contributed by atoms with Crippen molar-refractivity contribution in [1.29, 1.82) is 0 Å². The number of nitrogens with one attached hydrogen (secondary N) is 2. The molecule has 1 amide bonds. The topological polar surface area (TPSA) is 104 Å². The SMILES string of the molecule is O=C(O)NC1CCC(Nc2ccccc2[N+](=O)[O-])CC1. The van der Waals surface area contributed by atoms with E-state index < -0.39 is 11.0 Å². The molecule has 2 rings (SSSR count). The van der Waals surface area contributed by atoms with E-state index >= 15 is 0 Å². The zero-order chi connectivity index (χ0) is 14.5. The number of nitro groups is 1. The quantitative estimate of drug-likeness (QED) is 0.580. The molecule has 0 aliphatic heterocycles. The number of anilines is 1. The minimum atomic E-state index is -1.000. The molecule has 0 atom stereocenters. The van der Waals surface area contributed by atoms with Gasteiger partial charge in [-0.1, -0.05) is 12.1 Å². The second-order valence-corrected chi connectivity index (χ2v) is 4.92. The van der Waals surface area contributed by atoms with Crippen LogP contribution in [0.2, 0.25) is 0 Å². The third-order valence-corrected chi connectivity index (χ3v) is 3.52. The van der Waals surface area contributed by atoms with E-state index in [2.05, 4.69) is 10.6 Å². The summed E-state index contributed by atoms with van der Waals surface area (Å²) in [6.45, 7) is 0. The molecule has 1 aliphatic carbocycles. The van der Waals surface area contributed by atoms with Gasteiger partial charge in [0.15, 0.2) is 0 Å². The van der Waals surface area contributed by atoms with Crippen LogP contribution in [0.25, 0.3) is 0 Å². The van der Waals surface area contributed by atoms with Crippen LogP contribution in [0, 0.1) is 10.1 Å². The van der Waals surface area contributed by atoms with Crippen LogP contribution in [-0.4, -0.2) is 28.2 Å². The van der Waals surface area contributed by atoms with Crippen LogP contribution in [0.4, 0.5) is 16.2 Å².